The predicted octanol–water partition coefficient (Wildman–Crippen LogP) is 2.72. The molecule has 0 aliphatic heterocycles. The molecule has 1 aromatic carbocycles. The maximum atomic E-state index is 9.95. The normalized spacial score (nSPS) is 9.57. The van der Waals surface area contributed by atoms with E-state index in [0.29, 0.717) is 5.75 Å². The summed E-state index contributed by atoms with van der Waals surface area (Å²) in [6, 6.07) is 7.35. The lowest BCUT2D eigenvalue weighted by Crippen LogP contribution is -2.17. The number of nitrogens with zero attached hydrogens (tertiary/aromatic N) is 1. The zero-order chi connectivity index (χ0) is 10.4. The lowest BCUT2D eigenvalue weighted by molar-refractivity contribution is 0.443. The smallest absolute Gasteiger partial charge is 0.418 e. The third-order valence-electron chi connectivity index (χ3n) is 1.65. The molecule has 0 saturated heterocycles. The molecule has 0 unspecified atom stereocenters. The van der Waals surface area contributed by atoms with Crippen LogP contribution in [0.3, 0.4) is 0 Å². The van der Waals surface area contributed by atoms with Gasteiger partial charge in [0.15, 0.2) is 0 Å². The van der Waals surface area contributed by atoms with Gasteiger partial charge in [-0.3, -0.25) is 0 Å². The van der Waals surface area contributed by atoms with Crippen molar-refractivity contribution in [3.8, 4) is 5.75 Å². The van der Waals surface area contributed by atoms with Gasteiger partial charge in [-0.05, 0) is 24.3 Å². The summed E-state index contributed by atoms with van der Waals surface area (Å²) in [6.45, 7) is 1.39. The first kappa shape index (κ1) is 12.0. The molecule has 3 nitrogen and oxygen atoms in total. The van der Waals surface area contributed by atoms with Gasteiger partial charge in [0, 0.05) is 5.69 Å². The molecule has 5 heteroatoms. The minimum Gasteiger partial charge on any atom is -0.418 e. The topological polar surface area (TPSA) is 29.5 Å². The number of benzene rings is 1. The number of rotatable bonds is 5. The van der Waals surface area contributed by atoms with Crippen LogP contribution in [0.25, 0.3) is 0 Å². The van der Waals surface area contributed by atoms with Gasteiger partial charge in [0.05, 0.1) is 9.10 Å². The molecule has 0 atom stereocenters. The zero-order valence-corrected chi connectivity index (χ0v) is 11.6. The highest BCUT2D eigenvalue weighted by Gasteiger charge is 2.02. The van der Waals surface area contributed by atoms with E-state index in [-0.39, 0.29) is 0 Å². The first-order chi connectivity index (χ1) is 6.81. The van der Waals surface area contributed by atoms with Crippen LogP contribution in [0, 0.1) is 0 Å². The lowest BCUT2D eigenvalue weighted by Gasteiger charge is -2.18. The van der Waals surface area contributed by atoms with Crippen LogP contribution in [0.1, 0.15) is 0 Å². The summed E-state index contributed by atoms with van der Waals surface area (Å²) in [5.74, 6) is 0.519. The molecule has 75 valence electrons. The van der Waals surface area contributed by atoms with E-state index in [4.69, 9.17) is 0 Å². The Bertz CT molecular complexity index is 285. The Morgan fingerprint density at radius 3 is 2.21 bits per heavy atom. The number of anilines is 1. The molecule has 1 radical (unpaired) electrons. The van der Waals surface area contributed by atoms with Crippen LogP contribution in [0.15, 0.2) is 24.3 Å². The van der Waals surface area contributed by atoms with Crippen LogP contribution < -0.4 is 9.64 Å². The summed E-state index contributed by atoms with van der Waals surface area (Å²) < 4.78 is 6.44. The van der Waals surface area contributed by atoms with Gasteiger partial charge in [0.2, 0.25) is 0 Å². The summed E-state index contributed by atoms with van der Waals surface area (Å²) in [5.41, 5.74) is 1.12. The molecule has 0 heterocycles. The summed E-state index contributed by atoms with van der Waals surface area (Å²) in [5, 5.41) is 0. The monoisotopic (exact) mass is 416 g/mol. The SMILES string of the molecule is O=[C]Oc1ccc(N(CI)CI)cc1. The van der Waals surface area contributed by atoms with E-state index in [1.165, 1.54) is 6.47 Å². The Labute approximate surface area is 110 Å². The molecule has 14 heavy (non-hydrogen) atoms. The first-order valence-corrected chi connectivity index (χ1v) is 6.88. The van der Waals surface area contributed by atoms with Crippen LogP contribution in [0.5, 0.6) is 5.75 Å². The Balaban J connectivity index is 2.76. The highest BCUT2D eigenvalue weighted by atomic mass is 127. The molecule has 1 rings (SSSR count). The molecule has 0 amide bonds. The van der Waals surface area contributed by atoms with Crippen LogP contribution in [-0.4, -0.2) is 15.6 Å². The summed E-state index contributed by atoms with van der Waals surface area (Å²) in [7, 11) is 0. The van der Waals surface area contributed by atoms with Crippen molar-refractivity contribution >= 4 is 57.3 Å². The fourth-order valence-electron chi connectivity index (χ4n) is 0.943. The second-order valence-electron chi connectivity index (χ2n) is 2.46. The number of ether oxygens (including phenoxy) is 1. The number of alkyl halides is 2. The Hall–Kier alpha value is -0.0500. The second-order valence-corrected chi connectivity index (χ2v) is 3.82. The molecular formula is C9H8I2NO2. The Morgan fingerprint density at radius 1 is 1.21 bits per heavy atom. The van der Waals surface area contributed by atoms with E-state index >= 15 is 0 Å². The van der Waals surface area contributed by atoms with E-state index in [9.17, 15) is 4.79 Å². The van der Waals surface area contributed by atoms with Crippen LogP contribution in [0.4, 0.5) is 5.69 Å². The first-order valence-electron chi connectivity index (χ1n) is 3.82. The average Bonchev–Trinajstić information content (AvgIpc) is 2.23. The van der Waals surface area contributed by atoms with E-state index in [2.05, 4.69) is 54.8 Å². The van der Waals surface area contributed by atoms with Crippen LogP contribution >= 0.6 is 45.2 Å². The molecule has 0 fully saturated rings. The van der Waals surface area contributed by atoms with E-state index < -0.39 is 0 Å². The van der Waals surface area contributed by atoms with Crippen molar-refractivity contribution in [1.82, 2.24) is 0 Å². The van der Waals surface area contributed by atoms with Crippen LogP contribution in [0.2, 0.25) is 0 Å². The minimum atomic E-state index is 0.519. The molecular weight excluding hydrogens is 408 g/mol. The van der Waals surface area contributed by atoms with Gasteiger partial charge in [0.25, 0.3) is 0 Å². The third-order valence-corrected chi connectivity index (χ3v) is 3.30. The summed E-state index contributed by atoms with van der Waals surface area (Å²) in [6.07, 6.45) is 0. The van der Waals surface area contributed by atoms with Crippen molar-refractivity contribution in [2.75, 3.05) is 14.0 Å². The minimum absolute atomic E-state index is 0.519. The third kappa shape index (κ3) is 3.26. The van der Waals surface area contributed by atoms with Crippen molar-refractivity contribution in [1.29, 1.82) is 0 Å². The maximum absolute atomic E-state index is 9.95. The molecule has 0 aliphatic rings. The number of carbonyl (C=O) groups excluding carboxylic acids is 1. The zero-order valence-electron chi connectivity index (χ0n) is 7.24. The average molecular weight is 416 g/mol. The number of hydrogen-bond donors (Lipinski definition) is 0. The predicted molar refractivity (Wildman–Crippen MR) is 73.0 cm³/mol. The van der Waals surface area contributed by atoms with Gasteiger partial charge in [-0.1, -0.05) is 45.2 Å². The summed E-state index contributed by atoms with van der Waals surface area (Å²) >= 11 is 4.61. The molecule has 0 spiro atoms. The van der Waals surface area contributed by atoms with Gasteiger partial charge in [0.1, 0.15) is 5.75 Å². The molecule has 0 N–H and O–H groups in total. The Morgan fingerprint density at radius 2 is 1.79 bits per heavy atom. The molecule has 0 bridgehead atoms. The van der Waals surface area contributed by atoms with E-state index in [0.717, 1.165) is 14.8 Å². The molecule has 0 saturated carbocycles. The van der Waals surface area contributed by atoms with Crippen molar-refractivity contribution in [3.63, 3.8) is 0 Å². The fraction of sp³-hybridized carbons (Fsp3) is 0.222. The summed E-state index contributed by atoms with van der Waals surface area (Å²) in [4.78, 5) is 12.1. The second kappa shape index (κ2) is 6.44. The molecule has 0 aromatic heterocycles. The van der Waals surface area contributed by atoms with Gasteiger partial charge in [-0.15, -0.1) is 0 Å². The van der Waals surface area contributed by atoms with Crippen molar-refractivity contribution < 1.29 is 9.53 Å². The van der Waals surface area contributed by atoms with Crippen molar-refractivity contribution in [2.24, 2.45) is 0 Å². The standard InChI is InChI=1S/C9H8I2NO2/c10-5-12(6-11)8-1-3-9(4-2-8)14-7-13/h1-4H,5-6H2. The van der Waals surface area contributed by atoms with Gasteiger partial charge in [-0.2, -0.15) is 0 Å². The fourth-order valence-corrected chi connectivity index (χ4v) is 3.14. The number of halogens is 2. The van der Waals surface area contributed by atoms with Crippen molar-refractivity contribution in [3.05, 3.63) is 24.3 Å². The highest BCUT2D eigenvalue weighted by molar-refractivity contribution is 14.1. The maximum Gasteiger partial charge on any atom is 0.423 e. The molecule has 0 aliphatic carbocycles. The quantitative estimate of drug-likeness (QED) is 0.420. The molecule has 1 aromatic rings. The lowest BCUT2D eigenvalue weighted by atomic mass is 10.3. The van der Waals surface area contributed by atoms with Crippen molar-refractivity contribution in [2.45, 2.75) is 0 Å². The Kier molecular flexibility index (Phi) is 5.53. The highest BCUT2D eigenvalue weighted by Crippen LogP contribution is 2.20. The van der Waals surface area contributed by atoms with Gasteiger partial charge < -0.3 is 9.64 Å². The van der Waals surface area contributed by atoms with Gasteiger partial charge in [-0.25, -0.2) is 4.79 Å². The number of hydrogen-bond acceptors (Lipinski definition) is 3. The van der Waals surface area contributed by atoms with Crippen LogP contribution in [-0.2, 0) is 4.79 Å². The largest absolute Gasteiger partial charge is 0.423 e. The van der Waals surface area contributed by atoms with Gasteiger partial charge >= 0.3 is 6.47 Å². The van der Waals surface area contributed by atoms with E-state index in [1.54, 1.807) is 12.1 Å². The van der Waals surface area contributed by atoms with E-state index in [1.807, 2.05) is 12.1 Å².